The highest BCUT2D eigenvalue weighted by Gasteiger charge is 2.31. The Balaban J connectivity index is 1.79. The average molecular weight is 443 g/mol. The summed E-state index contributed by atoms with van der Waals surface area (Å²) in [6, 6.07) is 7.63. The van der Waals surface area contributed by atoms with Crippen molar-refractivity contribution in [2.75, 3.05) is 11.9 Å². The molecule has 29 heavy (non-hydrogen) atoms. The lowest BCUT2D eigenvalue weighted by atomic mass is 10.2. The van der Waals surface area contributed by atoms with Crippen molar-refractivity contribution in [1.82, 2.24) is 15.1 Å². The molecule has 0 spiro atoms. The third-order valence-electron chi connectivity index (χ3n) is 3.76. The van der Waals surface area contributed by atoms with Crippen LogP contribution in [0.2, 0.25) is 5.02 Å². The van der Waals surface area contributed by atoms with E-state index >= 15 is 0 Å². The van der Waals surface area contributed by atoms with E-state index in [-0.39, 0.29) is 23.1 Å². The lowest BCUT2D eigenvalue weighted by molar-refractivity contribution is -0.137. The van der Waals surface area contributed by atoms with E-state index in [1.54, 1.807) is 24.4 Å². The molecule has 0 saturated heterocycles. The molecule has 0 unspecified atom stereocenters. The third kappa shape index (κ3) is 4.96. The van der Waals surface area contributed by atoms with Crippen LogP contribution in [-0.2, 0) is 11.0 Å². The molecule has 0 saturated carbocycles. The predicted molar refractivity (Wildman–Crippen MR) is 104 cm³/mol. The maximum absolute atomic E-state index is 13.0. The normalized spacial score (nSPS) is 11.3. The molecule has 0 aliphatic rings. The Morgan fingerprint density at radius 3 is 2.66 bits per heavy atom. The highest BCUT2D eigenvalue weighted by Crippen LogP contribution is 2.34. The minimum absolute atomic E-state index is 0.0302. The number of thiophene rings is 1. The van der Waals surface area contributed by atoms with Crippen molar-refractivity contribution in [3.8, 4) is 5.69 Å². The summed E-state index contributed by atoms with van der Waals surface area (Å²) in [5.41, 5.74) is -0.477. The van der Waals surface area contributed by atoms with E-state index in [1.165, 1.54) is 17.4 Å². The van der Waals surface area contributed by atoms with Gasteiger partial charge in [0.1, 0.15) is 5.82 Å². The zero-order valence-corrected chi connectivity index (χ0v) is 16.5. The summed E-state index contributed by atoms with van der Waals surface area (Å²) in [5.74, 6) is -0.848. The monoisotopic (exact) mass is 442 g/mol. The number of amides is 2. The molecular formula is C18H14ClF3N4O2S. The fourth-order valence-corrected chi connectivity index (χ4v) is 3.30. The van der Waals surface area contributed by atoms with Gasteiger partial charge in [-0.25, -0.2) is 4.68 Å². The molecular weight excluding hydrogens is 429 g/mol. The Labute approximate surface area is 172 Å². The van der Waals surface area contributed by atoms with Gasteiger partial charge in [-0.15, -0.1) is 11.3 Å². The van der Waals surface area contributed by atoms with Crippen LogP contribution >= 0.6 is 22.9 Å². The number of aromatic nitrogens is 2. The minimum atomic E-state index is -4.56. The van der Waals surface area contributed by atoms with E-state index in [1.807, 2.05) is 0 Å². The summed E-state index contributed by atoms with van der Waals surface area (Å²) in [6.45, 7) is 1.30. The molecule has 2 N–H and O–H groups in total. The van der Waals surface area contributed by atoms with Crippen molar-refractivity contribution in [3.63, 3.8) is 0 Å². The minimum Gasteiger partial charge on any atom is -0.342 e. The number of nitrogens with zero attached hydrogens (tertiary/aromatic N) is 2. The van der Waals surface area contributed by atoms with Gasteiger partial charge >= 0.3 is 6.18 Å². The Kier molecular flexibility index (Phi) is 5.94. The van der Waals surface area contributed by atoms with Gasteiger partial charge in [0.25, 0.3) is 5.91 Å². The predicted octanol–water partition coefficient (Wildman–Crippen LogP) is 4.28. The second-order valence-electron chi connectivity index (χ2n) is 5.95. The molecule has 2 heterocycles. The van der Waals surface area contributed by atoms with Gasteiger partial charge in [0, 0.05) is 6.07 Å². The van der Waals surface area contributed by atoms with Crippen LogP contribution in [-0.4, -0.2) is 28.1 Å². The van der Waals surface area contributed by atoms with Crippen LogP contribution in [0.4, 0.5) is 19.0 Å². The quantitative estimate of drug-likeness (QED) is 0.619. The molecule has 0 fully saturated rings. The topological polar surface area (TPSA) is 76.0 Å². The van der Waals surface area contributed by atoms with Gasteiger partial charge in [-0.3, -0.25) is 9.59 Å². The Hall–Kier alpha value is -2.85. The van der Waals surface area contributed by atoms with Crippen molar-refractivity contribution >= 4 is 40.6 Å². The fourth-order valence-electron chi connectivity index (χ4n) is 2.47. The van der Waals surface area contributed by atoms with Crippen LogP contribution in [0.5, 0.6) is 0 Å². The maximum Gasteiger partial charge on any atom is 0.416 e. The van der Waals surface area contributed by atoms with Crippen molar-refractivity contribution in [1.29, 1.82) is 0 Å². The lowest BCUT2D eigenvalue weighted by Gasteiger charge is -2.13. The summed E-state index contributed by atoms with van der Waals surface area (Å²) in [7, 11) is 0. The van der Waals surface area contributed by atoms with Crippen LogP contribution in [0.1, 0.15) is 20.9 Å². The van der Waals surface area contributed by atoms with Gasteiger partial charge in [-0.1, -0.05) is 17.7 Å². The molecule has 152 valence electrons. The number of aryl methyl sites for hydroxylation is 1. The van der Waals surface area contributed by atoms with Gasteiger partial charge in [0.2, 0.25) is 5.91 Å². The average Bonchev–Trinajstić information content (AvgIpc) is 3.29. The number of nitrogens with one attached hydrogen (secondary N) is 2. The summed E-state index contributed by atoms with van der Waals surface area (Å²) >= 11 is 7.29. The summed E-state index contributed by atoms with van der Waals surface area (Å²) in [4.78, 5) is 24.6. The van der Waals surface area contributed by atoms with Crippen LogP contribution in [0.25, 0.3) is 5.69 Å². The number of hydrogen-bond acceptors (Lipinski definition) is 4. The third-order valence-corrected chi connectivity index (χ3v) is 4.94. The molecule has 6 nitrogen and oxygen atoms in total. The van der Waals surface area contributed by atoms with Gasteiger partial charge < -0.3 is 10.6 Å². The molecule has 0 aliphatic heterocycles. The first-order valence-corrected chi connectivity index (χ1v) is 9.46. The molecule has 2 aromatic heterocycles. The summed E-state index contributed by atoms with van der Waals surface area (Å²) < 4.78 is 40.2. The first kappa shape index (κ1) is 20.9. The van der Waals surface area contributed by atoms with Crippen molar-refractivity contribution < 1.29 is 22.8 Å². The van der Waals surface area contributed by atoms with Gasteiger partial charge in [-0.05, 0) is 36.6 Å². The van der Waals surface area contributed by atoms with Crippen LogP contribution < -0.4 is 10.6 Å². The van der Waals surface area contributed by atoms with E-state index in [0.29, 0.717) is 10.6 Å². The Morgan fingerprint density at radius 1 is 1.24 bits per heavy atom. The second kappa shape index (κ2) is 8.26. The zero-order valence-electron chi connectivity index (χ0n) is 14.9. The fraction of sp³-hybridized carbons (Fsp3) is 0.167. The highest BCUT2D eigenvalue weighted by atomic mass is 35.5. The number of carbonyl (C=O) groups is 2. The number of anilines is 1. The van der Waals surface area contributed by atoms with E-state index in [0.717, 1.165) is 22.9 Å². The molecule has 0 bridgehead atoms. The van der Waals surface area contributed by atoms with E-state index in [9.17, 15) is 22.8 Å². The molecule has 2 amide bonds. The standard InChI is InChI=1S/C18H14ClF3N4O2S/c1-10-7-15(24-16(27)9-23-17(28)14-3-2-6-29-14)26(25-10)13-8-11(18(20,21)22)4-5-12(13)19/h2-8H,9H2,1H3,(H,23,28)(H,24,27). The lowest BCUT2D eigenvalue weighted by Crippen LogP contribution is -2.32. The number of alkyl halides is 3. The molecule has 3 aromatic rings. The Bertz CT molecular complexity index is 1050. The number of rotatable bonds is 5. The van der Waals surface area contributed by atoms with Gasteiger partial charge in [0.15, 0.2) is 0 Å². The van der Waals surface area contributed by atoms with Gasteiger partial charge in [0.05, 0.1) is 33.4 Å². The SMILES string of the molecule is Cc1cc(NC(=O)CNC(=O)c2cccs2)n(-c2cc(C(F)(F)F)ccc2Cl)n1. The first-order valence-electron chi connectivity index (χ1n) is 8.20. The van der Waals surface area contributed by atoms with Crippen LogP contribution in [0.15, 0.2) is 41.8 Å². The Morgan fingerprint density at radius 2 is 2.00 bits per heavy atom. The molecule has 11 heteroatoms. The van der Waals surface area contributed by atoms with E-state index < -0.39 is 23.6 Å². The summed E-state index contributed by atoms with van der Waals surface area (Å²) in [5, 5.41) is 10.9. The van der Waals surface area contributed by atoms with Crippen molar-refractivity contribution in [2.24, 2.45) is 0 Å². The highest BCUT2D eigenvalue weighted by molar-refractivity contribution is 7.12. The summed E-state index contributed by atoms with van der Waals surface area (Å²) in [6.07, 6.45) is -4.56. The molecule has 1 aromatic carbocycles. The number of carbonyl (C=O) groups excluding carboxylic acids is 2. The first-order chi connectivity index (χ1) is 13.6. The smallest absolute Gasteiger partial charge is 0.342 e. The molecule has 0 aliphatic carbocycles. The number of hydrogen-bond donors (Lipinski definition) is 2. The maximum atomic E-state index is 13.0. The number of halogens is 4. The van der Waals surface area contributed by atoms with E-state index in [2.05, 4.69) is 15.7 Å². The van der Waals surface area contributed by atoms with Crippen LogP contribution in [0, 0.1) is 6.92 Å². The van der Waals surface area contributed by atoms with E-state index in [4.69, 9.17) is 11.6 Å². The molecule has 0 radical (unpaired) electrons. The zero-order chi connectivity index (χ0) is 21.2. The number of benzene rings is 1. The van der Waals surface area contributed by atoms with Crippen molar-refractivity contribution in [2.45, 2.75) is 13.1 Å². The second-order valence-corrected chi connectivity index (χ2v) is 7.31. The van der Waals surface area contributed by atoms with Crippen molar-refractivity contribution in [3.05, 3.63) is 62.9 Å². The van der Waals surface area contributed by atoms with Crippen LogP contribution in [0.3, 0.4) is 0 Å². The van der Waals surface area contributed by atoms with Gasteiger partial charge in [-0.2, -0.15) is 18.3 Å². The molecule has 3 rings (SSSR count). The molecule has 0 atom stereocenters. The largest absolute Gasteiger partial charge is 0.416 e.